The monoisotopic (exact) mass is 402 g/mol. The van der Waals surface area contributed by atoms with E-state index in [0.717, 1.165) is 38.3 Å². The van der Waals surface area contributed by atoms with Gasteiger partial charge in [0, 0.05) is 62.9 Å². The molecule has 7 heteroatoms. The first-order valence-corrected chi connectivity index (χ1v) is 11.0. The summed E-state index contributed by atoms with van der Waals surface area (Å²) in [4.78, 5) is 24.0. The third kappa shape index (κ3) is 3.51. The highest BCUT2D eigenvalue weighted by molar-refractivity contribution is 7.09. The van der Waals surface area contributed by atoms with Gasteiger partial charge in [-0.25, -0.2) is 4.98 Å². The Morgan fingerprint density at radius 1 is 1.43 bits per heavy atom. The lowest BCUT2D eigenvalue weighted by molar-refractivity contribution is -0.136. The van der Waals surface area contributed by atoms with Crippen molar-refractivity contribution in [2.45, 2.75) is 38.8 Å². The Bertz CT molecular complexity index is 803. The van der Waals surface area contributed by atoms with Crippen LogP contribution in [-0.4, -0.2) is 65.2 Å². The molecule has 152 valence electrons. The number of imidazole rings is 1. The van der Waals surface area contributed by atoms with Crippen molar-refractivity contribution in [3.63, 3.8) is 0 Å². The molecular formula is C21H30N4O2S. The fourth-order valence-corrected chi connectivity index (χ4v) is 5.43. The molecule has 2 aromatic heterocycles. The quantitative estimate of drug-likeness (QED) is 0.714. The van der Waals surface area contributed by atoms with E-state index in [0.29, 0.717) is 19.2 Å². The van der Waals surface area contributed by atoms with E-state index in [4.69, 9.17) is 9.72 Å². The standard InChI is InChI=1S/C21H30N4O2S/c1-16(2)25-13-19(22-15-25)18-12-23(11-17-5-4-10-28-17)14-21(18)6-7-24(20(21)26)8-9-27-3/h4-5,10,13,15-16,18H,6-9,11-12,14H2,1-3H3/t18-,21+/m0/s1. The molecular weight excluding hydrogens is 372 g/mol. The molecule has 2 saturated heterocycles. The van der Waals surface area contributed by atoms with Gasteiger partial charge in [-0.15, -0.1) is 11.3 Å². The summed E-state index contributed by atoms with van der Waals surface area (Å²) in [5.41, 5.74) is 0.700. The maximum Gasteiger partial charge on any atom is 0.230 e. The lowest BCUT2D eigenvalue weighted by atomic mass is 9.75. The Balaban J connectivity index is 1.61. The summed E-state index contributed by atoms with van der Waals surface area (Å²) in [6.45, 7) is 9.01. The Labute approximate surface area is 171 Å². The molecule has 0 bridgehead atoms. The van der Waals surface area contributed by atoms with Crippen LogP contribution in [0.2, 0.25) is 0 Å². The fourth-order valence-electron chi connectivity index (χ4n) is 4.68. The van der Waals surface area contributed by atoms with Crippen LogP contribution in [0.15, 0.2) is 30.0 Å². The average molecular weight is 403 g/mol. The second kappa shape index (κ2) is 7.97. The van der Waals surface area contributed by atoms with Crippen molar-refractivity contribution in [1.29, 1.82) is 0 Å². The summed E-state index contributed by atoms with van der Waals surface area (Å²) in [5, 5.41) is 2.12. The van der Waals surface area contributed by atoms with Crippen molar-refractivity contribution in [2.75, 3.05) is 39.9 Å². The zero-order valence-corrected chi connectivity index (χ0v) is 17.8. The van der Waals surface area contributed by atoms with Gasteiger partial charge in [0.2, 0.25) is 5.91 Å². The number of carbonyl (C=O) groups is 1. The zero-order valence-electron chi connectivity index (χ0n) is 17.0. The number of rotatable bonds is 7. The molecule has 2 aromatic rings. The summed E-state index contributed by atoms with van der Waals surface area (Å²) < 4.78 is 7.36. The molecule has 2 aliphatic rings. The Morgan fingerprint density at radius 3 is 2.96 bits per heavy atom. The predicted molar refractivity (Wildman–Crippen MR) is 110 cm³/mol. The molecule has 2 aliphatic heterocycles. The predicted octanol–water partition coefficient (Wildman–Crippen LogP) is 2.99. The molecule has 0 aliphatic carbocycles. The molecule has 0 N–H and O–H groups in total. The Morgan fingerprint density at radius 2 is 2.29 bits per heavy atom. The van der Waals surface area contributed by atoms with E-state index in [9.17, 15) is 4.79 Å². The minimum absolute atomic E-state index is 0.146. The van der Waals surface area contributed by atoms with Crippen LogP contribution in [-0.2, 0) is 16.1 Å². The average Bonchev–Trinajstić information content (AvgIpc) is 3.44. The third-order valence-electron chi connectivity index (χ3n) is 6.25. The zero-order chi connectivity index (χ0) is 19.7. The lowest BCUT2D eigenvalue weighted by Gasteiger charge is -2.28. The highest BCUT2D eigenvalue weighted by Gasteiger charge is 2.57. The summed E-state index contributed by atoms with van der Waals surface area (Å²) in [6, 6.07) is 4.65. The molecule has 28 heavy (non-hydrogen) atoms. The number of likely N-dealkylation sites (tertiary alicyclic amines) is 2. The van der Waals surface area contributed by atoms with Gasteiger partial charge in [-0.3, -0.25) is 9.69 Å². The maximum absolute atomic E-state index is 13.5. The minimum Gasteiger partial charge on any atom is -0.383 e. The number of nitrogens with zero attached hydrogens (tertiary/aromatic N) is 4. The summed E-state index contributed by atoms with van der Waals surface area (Å²) in [5.74, 6) is 0.426. The van der Waals surface area contributed by atoms with E-state index in [1.54, 1.807) is 18.4 Å². The van der Waals surface area contributed by atoms with Gasteiger partial charge in [0.05, 0.1) is 24.0 Å². The van der Waals surface area contributed by atoms with Crippen LogP contribution in [0.4, 0.5) is 0 Å². The SMILES string of the molecule is COCCN1CC[C@]2(CN(Cc3cccs3)C[C@H]2c2cn(C(C)C)cn2)C1=O. The molecule has 0 aromatic carbocycles. The molecule has 4 rings (SSSR count). The molecule has 6 nitrogen and oxygen atoms in total. The topological polar surface area (TPSA) is 50.6 Å². The summed E-state index contributed by atoms with van der Waals surface area (Å²) in [7, 11) is 1.69. The highest BCUT2D eigenvalue weighted by Crippen LogP contribution is 2.50. The van der Waals surface area contributed by atoms with Crippen LogP contribution in [0.1, 0.15) is 42.8 Å². The molecule has 2 fully saturated rings. The van der Waals surface area contributed by atoms with Crippen molar-refractivity contribution >= 4 is 17.2 Å². The largest absolute Gasteiger partial charge is 0.383 e. The van der Waals surface area contributed by atoms with Crippen molar-refractivity contribution in [3.8, 4) is 0 Å². The molecule has 0 radical (unpaired) electrons. The van der Waals surface area contributed by atoms with Gasteiger partial charge in [-0.05, 0) is 31.7 Å². The van der Waals surface area contributed by atoms with E-state index in [-0.39, 0.29) is 17.2 Å². The van der Waals surface area contributed by atoms with Crippen LogP contribution in [0.3, 0.4) is 0 Å². The van der Waals surface area contributed by atoms with E-state index in [2.05, 4.69) is 47.0 Å². The summed E-state index contributed by atoms with van der Waals surface area (Å²) in [6.07, 6.45) is 4.96. The number of aromatic nitrogens is 2. The first-order valence-electron chi connectivity index (χ1n) is 10.1. The van der Waals surface area contributed by atoms with Crippen LogP contribution >= 0.6 is 11.3 Å². The maximum atomic E-state index is 13.5. The number of hydrogen-bond donors (Lipinski definition) is 0. The molecule has 0 saturated carbocycles. The smallest absolute Gasteiger partial charge is 0.230 e. The van der Waals surface area contributed by atoms with Crippen LogP contribution in [0.5, 0.6) is 0 Å². The van der Waals surface area contributed by atoms with Crippen molar-refractivity contribution in [2.24, 2.45) is 5.41 Å². The van der Waals surface area contributed by atoms with E-state index < -0.39 is 0 Å². The second-order valence-corrected chi connectivity index (χ2v) is 9.36. The number of thiophene rings is 1. The van der Waals surface area contributed by atoms with Gasteiger partial charge in [-0.2, -0.15) is 0 Å². The highest BCUT2D eigenvalue weighted by atomic mass is 32.1. The summed E-state index contributed by atoms with van der Waals surface area (Å²) >= 11 is 1.78. The number of ether oxygens (including phenoxy) is 1. The molecule has 0 unspecified atom stereocenters. The normalized spacial score (nSPS) is 25.6. The van der Waals surface area contributed by atoms with Crippen molar-refractivity contribution in [3.05, 3.63) is 40.6 Å². The van der Waals surface area contributed by atoms with Gasteiger partial charge in [-0.1, -0.05) is 6.07 Å². The molecule has 4 heterocycles. The van der Waals surface area contributed by atoms with Crippen molar-refractivity contribution < 1.29 is 9.53 Å². The van der Waals surface area contributed by atoms with Gasteiger partial charge in [0.25, 0.3) is 0 Å². The third-order valence-corrected chi connectivity index (χ3v) is 7.12. The first kappa shape index (κ1) is 19.6. The number of hydrogen-bond acceptors (Lipinski definition) is 5. The number of carbonyl (C=O) groups excluding carboxylic acids is 1. The van der Waals surface area contributed by atoms with E-state index in [1.807, 2.05) is 11.2 Å². The van der Waals surface area contributed by atoms with Crippen LogP contribution in [0.25, 0.3) is 0 Å². The van der Waals surface area contributed by atoms with E-state index in [1.165, 1.54) is 4.88 Å². The Kier molecular flexibility index (Phi) is 5.58. The van der Waals surface area contributed by atoms with Gasteiger partial charge in [0.15, 0.2) is 0 Å². The van der Waals surface area contributed by atoms with E-state index >= 15 is 0 Å². The number of amides is 1. The van der Waals surface area contributed by atoms with Gasteiger partial charge in [0.1, 0.15) is 0 Å². The Hall–Kier alpha value is -1.70. The minimum atomic E-state index is -0.360. The van der Waals surface area contributed by atoms with Gasteiger partial charge >= 0.3 is 0 Å². The first-order chi connectivity index (χ1) is 13.5. The molecule has 1 amide bonds. The van der Waals surface area contributed by atoms with Crippen LogP contribution in [0, 0.1) is 5.41 Å². The number of methoxy groups -OCH3 is 1. The second-order valence-electron chi connectivity index (χ2n) is 8.33. The fraction of sp³-hybridized carbons (Fsp3) is 0.619. The van der Waals surface area contributed by atoms with Crippen molar-refractivity contribution in [1.82, 2.24) is 19.4 Å². The van der Waals surface area contributed by atoms with Crippen LogP contribution < -0.4 is 0 Å². The van der Waals surface area contributed by atoms with Gasteiger partial charge < -0.3 is 14.2 Å². The lowest BCUT2D eigenvalue weighted by Crippen LogP contribution is -2.40. The molecule has 1 spiro atoms. The molecule has 2 atom stereocenters.